The van der Waals surface area contributed by atoms with E-state index in [0.29, 0.717) is 24.3 Å². The van der Waals surface area contributed by atoms with Crippen LogP contribution in [0.4, 0.5) is 5.69 Å². The molecule has 0 radical (unpaired) electrons. The highest BCUT2D eigenvalue weighted by molar-refractivity contribution is 6.40. The van der Waals surface area contributed by atoms with E-state index in [1.165, 1.54) is 0 Å². The third-order valence-electron chi connectivity index (χ3n) is 5.20. The second-order valence-electron chi connectivity index (χ2n) is 7.73. The first-order valence-electron chi connectivity index (χ1n) is 10.8. The number of hydrogen-bond acceptors (Lipinski definition) is 5. The minimum absolute atomic E-state index is 0.294. The van der Waals surface area contributed by atoms with E-state index < -0.39 is 11.8 Å². The molecular weight excluding hydrogens is 408 g/mol. The zero-order valence-electron chi connectivity index (χ0n) is 18.4. The molecule has 0 unspecified atom stereocenters. The maximum Gasteiger partial charge on any atom is 0.313 e. The number of anilines is 1. The van der Waals surface area contributed by atoms with Crippen molar-refractivity contribution in [2.75, 3.05) is 44.7 Å². The van der Waals surface area contributed by atoms with Crippen LogP contribution in [0, 0.1) is 6.92 Å². The number of para-hydroxylation sites is 1. The van der Waals surface area contributed by atoms with Crippen molar-refractivity contribution in [1.29, 1.82) is 0 Å². The fourth-order valence-corrected chi connectivity index (χ4v) is 3.48. The van der Waals surface area contributed by atoms with E-state index in [1.807, 2.05) is 31.2 Å². The number of nitrogens with zero attached hydrogens (tertiary/aromatic N) is 1. The lowest BCUT2D eigenvalue weighted by atomic mass is 10.1. The topological polar surface area (TPSA) is 99.8 Å². The fraction of sp³-hybridized carbons (Fsp3) is 0.375. The summed E-state index contributed by atoms with van der Waals surface area (Å²) in [6.45, 7) is 6.83. The van der Waals surface area contributed by atoms with Crippen LogP contribution in [0.1, 0.15) is 27.9 Å². The van der Waals surface area contributed by atoms with E-state index in [0.717, 1.165) is 50.4 Å². The number of rotatable bonds is 8. The average molecular weight is 439 g/mol. The van der Waals surface area contributed by atoms with Gasteiger partial charge in [-0.3, -0.25) is 19.3 Å². The van der Waals surface area contributed by atoms with Crippen molar-refractivity contribution in [3.63, 3.8) is 0 Å². The number of ether oxygens (including phenoxy) is 1. The molecular formula is C24H30N4O4. The molecule has 3 amide bonds. The van der Waals surface area contributed by atoms with Gasteiger partial charge in [0.2, 0.25) is 0 Å². The molecule has 2 aromatic rings. The lowest BCUT2D eigenvalue weighted by molar-refractivity contribution is -0.136. The van der Waals surface area contributed by atoms with Gasteiger partial charge in [-0.05, 0) is 37.6 Å². The zero-order chi connectivity index (χ0) is 22.8. The molecule has 0 saturated carbocycles. The monoisotopic (exact) mass is 438 g/mol. The summed E-state index contributed by atoms with van der Waals surface area (Å²) in [5, 5.41) is 8.04. The molecule has 0 bridgehead atoms. The van der Waals surface area contributed by atoms with Crippen LogP contribution in [-0.2, 0) is 20.9 Å². The van der Waals surface area contributed by atoms with Crippen molar-refractivity contribution in [1.82, 2.24) is 15.5 Å². The van der Waals surface area contributed by atoms with Crippen molar-refractivity contribution >= 4 is 23.4 Å². The van der Waals surface area contributed by atoms with Crippen LogP contribution in [0.15, 0.2) is 48.5 Å². The molecule has 1 fully saturated rings. The quantitative estimate of drug-likeness (QED) is 0.430. The fourth-order valence-electron chi connectivity index (χ4n) is 3.48. The Hall–Kier alpha value is -3.23. The second-order valence-corrected chi connectivity index (χ2v) is 7.73. The first-order valence-corrected chi connectivity index (χ1v) is 10.8. The molecule has 8 nitrogen and oxygen atoms in total. The molecule has 1 aliphatic heterocycles. The van der Waals surface area contributed by atoms with Crippen molar-refractivity contribution in [2.24, 2.45) is 0 Å². The van der Waals surface area contributed by atoms with E-state index in [1.54, 1.807) is 24.3 Å². The number of carbonyl (C=O) groups excluding carboxylic acids is 3. The molecule has 1 heterocycles. The Kier molecular flexibility index (Phi) is 8.77. The molecule has 1 saturated heterocycles. The Morgan fingerprint density at radius 2 is 1.75 bits per heavy atom. The summed E-state index contributed by atoms with van der Waals surface area (Å²) in [6, 6.07) is 14.5. The molecule has 0 spiro atoms. The Bertz CT molecular complexity index is 941. The Morgan fingerprint density at radius 1 is 0.969 bits per heavy atom. The SMILES string of the molecule is Cc1cccc(CNC(=O)c2ccccc2NC(=O)C(=O)NCCCN2CCOCC2)c1. The maximum absolute atomic E-state index is 12.7. The van der Waals surface area contributed by atoms with Crippen molar-refractivity contribution in [3.8, 4) is 0 Å². The molecule has 2 aromatic carbocycles. The van der Waals surface area contributed by atoms with Crippen LogP contribution in [0.2, 0.25) is 0 Å². The lowest BCUT2D eigenvalue weighted by Crippen LogP contribution is -2.40. The highest BCUT2D eigenvalue weighted by atomic mass is 16.5. The Morgan fingerprint density at radius 3 is 2.53 bits per heavy atom. The molecule has 0 aromatic heterocycles. The number of morpholine rings is 1. The number of carbonyl (C=O) groups is 3. The Labute approximate surface area is 188 Å². The van der Waals surface area contributed by atoms with Gasteiger partial charge in [0.1, 0.15) is 0 Å². The summed E-state index contributed by atoms with van der Waals surface area (Å²) >= 11 is 0. The van der Waals surface area contributed by atoms with Gasteiger partial charge in [0.25, 0.3) is 5.91 Å². The van der Waals surface area contributed by atoms with Crippen molar-refractivity contribution in [2.45, 2.75) is 19.9 Å². The maximum atomic E-state index is 12.7. The van der Waals surface area contributed by atoms with E-state index in [-0.39, 0.29) is 5.91 Å². The predicted molar refractivity (Wildman–Crippen MR) is 122 cm³/mol. The van der Waals surface area contributed by atoms with Crippen LogP contribution in [0.5, 0.6) is 0 Å². The van der Waals surface area contributed by atoms with Crippen LogP contribution in [0.3, 0.4) is 0 Å². The molecule has 32 heavy (non-hydrogen) atoms. The minimum Gasteiger partial charge on any atom is -0.379 e. The van der Waals surface area contributed by atoms with Crippen LogP contribution >= 0.6 is 0 Å². The third-order valence-corrected chi connectivity index (χ3v) is 5.20. The van der Waals surface area contributed by atoms with Crippen molar-refractivity contribution in [3.05, 3.63) is 65.2 Å². The predicted octanol–water partition coefficient (Wildman–Crippen LogP) is 1.70. The van der Waals surface area contributed by atoms with Gasteiger partial charge < -0.3 is 20.7 Å². The van der Waals surface area contributed by atoms with Gasteiger partial charge in [0.15, 0.2) is 0 Å². The van der Waals surface area contributed by atoms with Gasteiger partial charge in [0, 0.05) is 26.2 Å². The summed E-state index contributed by atoms with van der Waals surface area (Å²) in [4.78, 5) is 39.4. The van der Waals surface area contributed by atoms with Gasteiger partial charge in [-0.25, -0.2) is 0 Å². The molecule has 170 valence electrons. The smallest absolute Gasteiger partial charge is 0.313 e. The van der Waals surface area contributed by atoms with Crippen LogP contribution in [-0.4, -0.2) is 62.0 Å². The average Bonchev–Trinajstić information content (AvgIpc) is 2.81. The molecule has 0 aliphatic carbocycles. The molecule has 8 heteroatoms. The first kappa shape index (κ1) is 23.4. The van der Waals surface area contributed by atoms with E-state index in [9.17, 15) is 14.4 Å². The van der Waals surface area contributed by atoms with Crippen LogP contribution < -0.4 is 16.0 Å². The first-order chi connectivity index (χ1) is 15.5. The van der Waals surface area contributed by atoms with Gasteiger partial charge in [0.05, 0.1) is 24.5 Å². The standard InChI is InChI=1S/C24H30N4O4/c1-18-6-4-7-19(16-18)17-26-22(29)20-8-2-3-9-21(20)27-24(31)23(30)25-10-5-11-28-12-14-32-15-13-28/h2-4,6-9,16H,5,10-15,17H2,1H3,(H,25,30)(H,26,29)(H,27,31). The molecule has 0 atom stereocenters. The van der Waals surface area contributed by atoms with E-state index >= 15 is 0 Å². The number of benzene rings is 2. The summed E-state index contributed by atoms with van der Waals surface area (Å²) < 4.78 is 5.31. The van der Waals surface area contributed by atoms with Crippen molar-refractivity contribution < 1.29 is 19.1 Å². The van der Waals surface area contributed by atoms with Crippen LogP contribution in [0.25, 0.3) is 0 Å². The summed E-state index contributed by atoms with van der Waals surface area (Å²) in [7, 11) is 0. The van der Waals surface area contributed by atoms with Gasteiger partial charge in [-0.1, -0.05) is 42.0 Å². The van der Waals surface area contributed by atoms with Gasteiger partial charge in [-0.15, -0.1) is 0 Å². The number of aryl methyl sites for hydroxylation is 1. The largest absolute Gasteiger partial charge is 0.379 e. The minimum atomic E-state index is -0.796. The summed E-state index contributed by atoms with van der Waals surface area (Å²) in [6.07, 6.45) is 0.747. The Balaban J connectivity index is 1.47. The molecule has 3 N–H and O–H groups in total. The van der Waals surface area contributed by atoms with E-state index in [4.69, 9.17) is 4.74 Å². The molecule has 3 rings (SSSR count). The number of nitrogens with one attached hydrogen (secondary N) is 3. The van der Waals surface area contributed by atoms with Gasteiger partial charge in [-0.2, -0.15) is 0 Å². The zero-order valence-corrected chi connectivity index (χ0v) is 18.4. The summed E-state index contributed by atoms with van der Waals surface area (Å²) in [5.41, 5.74) is 2.69. The summed E-state index contributed by atoms with van der Waals surface area (Å²) in [5.74, 6) is -1.84. The normalized spacial score (nSPS) is 13.9. The lowest BCUT2D eigenvalue weighted by Gasteiger charge is -2.26. The highest BCUT2D eigenvalue weighted by Gasteiger charge is 2.18. The van der Waals surface area contributed by atoms with E-state index in [2.05, 4.69) is 20.9 Å². The third kappa shape index (κ3) is 7.18. The number of hydrogen-bond donors (Lipinski definition) is 3. The second kappa shape index (κ2) is 12.0. The molecule has 1 aliphatic rings. The van der Waals surface area contributed by atoms with Gasteiger partial charge >= 0.3 is 11.8 Å². The number of amides is 3. The highest BCUT2D eigenvalue weighted by Crippen LogP contribution is 2.15.